The molecule has 1 heterocycles. The van der Waals surface area contributed by atoms with Crippen molar-refractivity contribution in [2.45, 2.75) is 25.9 Å². The predicted molar refractivity (Wildman–Crippen MR) is 106 cm³/mol. The normalized spacial score (nSPS) is 15.9. The van der Waals surface area contributed by atoms with Crippen molar-refractivity contribution in [1.82, 2.24) is 15.1 Å². The van der Waals surface area contributed by atoms with Crippen molar-refractivity contribution in [3.05, 3.63) is 71.5 Å². The Morgan fingerprint density at radius 3 is 2.25 bits per heavy atom. The average Bonchev–Trinajstić information content (AvgIpc) is 2.70. The summed E-state index contributed by atoms with van der Waals surface area (Å²) in [5.74, 6) is -0.638. The third-order valence-corrected chi connectivity index (χ3v) is 4.96. The van der Waals surface area contributed by atoms with E-state index < -0.39 is 6.04 Å². The smallest absolute Gasteiger partial charge is 0.244 e. The summed E-state index contributed by atoms with van der Waals surface area (Å²) >= 11 is 0. The van der Waals surface area contributed by atoms with Gasteiger partial charge in [0.05, 0.1) is 6.42 Å². The highest BCUT2D eigenvalue weighted by Crippen LogP contribution is 2.10. The molecule has 28 heavy (non-hydrogen) atoms. The zero-order valence-corrected chi connectivity index (χ0v) is 16.1. The lowest BCUT2D eigenvalue weighted by Gasteiger charge is -2.36. The molecule has 0 radical (unpaired) electrons. The minimum absolute atomic E-state index is 0.0631. The van der Waals surface area contributed by atoms with E-state index in [2.05, 4.69) is 22.3 Å². The van der Waals surface area contributed by atoms with Gasteiger partial charge in [0.25, 0.3) is 0 Å². The Labute approximate surface area is 165 Å². The molecule has 0 bridgehead atoms. The van der Waals surface area contributed by atoms with Crippen molar-refractivity contribution in [3.8, 4) is 0 Å². The number of amides is 2. The largest absolute Gasteiger partial charge is 0.344 e. The summed E-state index contributed by atoms with van der Waals surface area (Å²) in [6.45, 7) is 5.54. The fourth-order valence-corrected chi connectivity index (χ4v) is 3.38. The quantitative estimate of drug-likeness (QED) is 0.832. The molecular formula is C22H26FN3O2. The molecule has 1 aliphatic rings. The molecule has 2 aromatic carbocycles. The van der Waals surface area contributed by atoms with Gasteiger partial charge in [-0.2, -0.15) is 0 Å². The van der Waals surface area contributed by atoms with Gasteiger partial charge in [0, 0.05) is 32.7 Å². The van der Waals surface area contributed by atoms with Crippen LogP contribution in [0.15, 0.2) is 54.6 Å². The van der Waals surface area contributed by atoms with Crippen LogP contribution in [-0.4, -0.2) is 53.8 Å². The molecule has 1 saturated heterocycles. The Morgan fingerprint density at radius 2 is 1.61 bits per heavy atom. The van der Waals surface area contributed by atoms with Gasteiger partial charge in [-0.15, -0.1) is 0 Å². The molecule has 6 heteroatoms. The van der Waals surface area contributed by atoms with Crippen molar-refractivity contribution in [3.63, 3.8) is 0 Å². The van der Waals surface area contributed by atoms with Gasteiger partial charge in [-0.25, -0.2) is 4.39 Å². The van der Waals surface area contributed by atoms with Crippen LogP contribution in [0.3, 0.4) is 0 Å². The number of nitrogens with one attached hydrogen (secondary N) is 1. The molecular weight excluding hydrogens is 357 g/mol. The maximum Gasteiger partial charge on any atom is 0.244 e. The van der Waals surface area contributed by atoms with E-state index in [0.717, 1.165) is 19.6 Å². The summed E-state index contributed by atoms with van der Waals surface area (Å²) in [4.78, 5) is 28.9. The zero-order valence-electron chi connectivity index (χ0n) is 16.1. The van der Waals surface area contributed by atoms with Crippen molar-refractivity contribution in [2.24, 2.45) is 0 Å². The molecule has 0 saturated carbocycles. The molecule has 1 N–H and O–H groups in total. The second kappa shape index (κ2) is 9.46. The zero-order chi connectivity index (χ0) is 19.9. The van der Waals surface area contributed by atoms with Crippen molar-refractivity contribution in [1.29, 1.82) is 0 Å². The molecule has 0 spiro atoms. The Kier molecular flexibility index (Phi) is 6.76. The molecule has 0 aliphatic carbocycles. The number of carbonyl (C=O) groups is 2. The van der Waals surface area contributed by atoms with Crippen LogP contribution >= 0.6 is 0 Å². The lowest BCUT2D eigenvalue weighted by molar-refractivity contribution is -0.137. The highest BCUT2D eigenvalue weighted by molar-refractivity contribution is 5.88. The van der Waals surface area contributed by atoms with E-state index in [9.17, 15) is 14.0 Å². The van der Waals surface area contributed by atoms with Gasteiger partial charge in [0.1, 0.15) is 11.9 Å². The Hall–Kier alpha value is -2.73. The summed E-state index contributed by atoms with van der Waals surface area (Å²) in [6.07, 6.45) is 0.128. The first-order valence-corrected chi connectivity index (χ1v) is 9.60. The lowest BCUT2D eigenvalue weighted by Crippen LogP contribution is -2.54. The number of benzene rings is 2. The number of halogens is 1. The van der Waals surface area contributed by atoms with Crippen LogP contribution in [0.1, 0.15) is 18.1 Å². The van der Waals surface area contributed by atoms with Crippen molar-refractivity contribution >= 4 is 11.8 Å². The SMILES string of the molecule is C[C@@H](NC(=O)Cc1ccc(F)cc1)C(=O)N1CCN(Cc2ccccc2)CC1. The minimum Gasteiger partial charge on any atom is -0.344 e. The van der Waals surface area contributed by atoms with Gasteiger partial charge in [0.15, 0.2) is 0 Å². The van der Waals surface area contributed by atoms with Crippen molar-refractivity contribution in [2.75, 3.05) is 26.2 Å². The highest BCUT2D eigenvalue weighted by Gasteiger charge is 2.25. The van der Waals surface area contributed by atoms with Crippen LogP contribution in [0.25, 0.3) is 0 Å². The number of hydrogen-bond acceptors (Lipinski definition) is 3. The van der Waals surface area contributed by atoms with E-state index in [1.54, 1.807) is 19.1 Å². The summed E-state index contributed by atoms with van der Waals surface area (Å²) in [5.41, 5.74) is 1.98. The van der Waals surface area contributed by atoms with Gasteiger partial charge >= 0.3 is 0 Å². The molecule has 2 aromatic rings. The van der Waals surface area contributed by atoms with Gasteiger partial charge in [-0.3, -0.25) is 14.5 Å². The molecule has 148 valence electrons. The Balaban J connectivity index is 1.43. The van der Waals surface area contributed by atoms with Gasteiger partial charge in [-0.05, 0) is 30.2 Å². The maximum atomic E-state index is 12.9. The molecule has 1 fully saturated rings. The fraction of sp³-hybridized carbons (Fsp3) is 0.364. The van der Waals surface area contributed by atoms with Crippen LogP contribution < -0.4 is 5.32 Å². The second-order valence-electron chi connectivity index (χ2n) is 7.18. The van der Waals surface area contributed by atoms with Crippen LogP contribution in [0, 0.1) is 5.82 Å². The van der Waals surface area contributed by atoms with E-state index in [1.165, 1.54) is 17.7 Å². The molecule has 5 nitrogen and oxygen atoms in total. The molecule has 1 atom stereocenters. The van der Waals surface area contributed by atoms with Crippen LogP contribution in [0.5, 0.6) is 0 Å². The lowest BCUT2D eigenvalue weighted by atomic mass is 10.1. The number of carbonyl (C=O) groups excluding carboxylic acids is 2. The molecule has 2 amide bonds. The molecule has 3 rings (SSSR count). The fourth-order valence-electron chi connectivity index (χ4n) is 3.38. The van der Waals surface area contributed by atoms with E-state index in [0.29, 0.717) is 18.7 Å². The topological polar surface area (TPSA) is 52.7 Å². The number of piperazine rings is 1. The first-order chi connectivity index (χ1) is 13.5. The van der Waals surface area contributed by atoms with E-state index >= 15 is 0 Å². The van der Waals surface area contributed by atoms with E-state index in [4.69, 9.17) is 0 Å². The average molecular weight is 383 g/mol. The monoisotopic (exact) mass is 383 g/mol. The predicted octanol–water partition coefficient (Wildman–Crippen LogP) is 2.22. The highest BCUT2D eigenvalue weighted by atomic mass is 19.1. The van der Waals surface area contributed by atoms with Gasteiger partial charge in [-0.1, -0.05) is 42.5 Å². The molecule has 1 aliphatic heterocycles. The van der Waals surface area contributed by atoms with Gasteiger partial charge in [0.2, 0.25) is 11.8 Å². The summed E-state index contributed by atoms with van der Waals surface area (Å²) in [6, 6.07) is 15.5. The second-order valence-corrected chi connectivity index (χ2v) is 7.18. The number of rotatable bonds is 6. The third-order valence-electron chi connectivity index (χ3n) is 4.96. The van der Waals surface area contributed by atoms with Crippen LogP contribution in [0.4, 0.5) is 4.39 Å². The first kappa shape index (κ1) is 20.0. The Morgan fingerprint density at radius 1 is 0.964 bits per heavy atom. The minimum atomic E-state index is -0.575. The summed E-state index contributed by atoms with van der Waals surface area (Å²) < 4.78 is 12.9. The third kappa shape index (κ3) is 5.63. The summed E-state index contributed by atoms with van der Waals surface area (Å²) in [7, 11) is 0. The number of nitrogens with zero attached hydrogens (tertiary/aromatic N) is 2. The van der Waals surface area contributed by atoms with Crippen LogP contribution in [0.2, 0.25) is 0 Å². The summed E-state index contributed by atoms with van der Waals surface area (Å²) in [5, 5.41) is 2.75. The van der Waals surface area contributed by atoms with E-state index in [1.807, 2.05) is 23.1 Å². The van der Waals surface area contributed by atoms with Crippen molar-refractivity contribution < 1.29 is 14.0 Å². The van der Waals surface area contributed by atoms with Crippen LogP contribution in [-0.2, 0) is 22.6 Å². The number of hydrogen-bond donors (Lipinski definition) is 1. The maximum absolute atomic E-state index is 12.9. The standard InChI is InChI=1S/C22H26FN3O2/c1-17(24-21(27)15-18-7-9-20(23)10-8-18)22(28)26-13-11-25(12-14-26)16-19-5-3-2-4-6-19/h2-10,17H,11-16H2,1H3,(H,24,27)/t17-/m1/s1. The molecule has 0 unspecified atom stereocenters. The Bertz CT molecular complexity index is 787. The first-order valence-electron chi connectivity index (χ1n) is 9.60. The van der Waals surface area contributed by atoms with Gasteiger partial charge < -0.3 is 10.2 Å². The van der Waals surface area contributed by atoms with E-state index in [-0.39, 0.29) is 24.1 Å². The molecule has 0 aromatic heterocycles.